The number of hydrogen-bond donors (Lipinski definition) is 2. The molecule has 1 saturated carbocycles. The topological polar surface area (TPSA) is 32.3 Å². The van der Waals surface area contributed by atoms with E-state index >= 15 is 0 Å². The van der Waals surface area contributed by atoms with Crippen molar-refractivity contribution < 1.29 is 5.11 Å². The summed E-state index contributed by atoms with van der Waals surface area (Å²) in [6.07, 6.45) is 5.51. The first kappa shape index (κ1) is 15.5. The Bertz CT molecular complexity index is 413. The molecule has 1 fully saturated rings. The van der Waals surface area contributed by atoms with Crippen LogP contribution in [0.15, 0.2) is 18.2 Å². The largest absolute Gasteiger partial charge is 0.389 e. The number of rotatable bonds is 5. The summed E-state index contributed by atoms with van der Waals surface area (Å²) < 4.78 is 0. The van der Waals surface area contributed by atoms with Gasteiger partial charge in [0.15, 0.2) is 0 Å². The van der Waals surface area contributed by atoms with E-state index in [9.17, 15) is 5.11 Å². The average molecular weight is 275 g/mol. The zero-order chi connectivity index (χ0) is 14.6. The van der Waals surface area contributed by atoms with Crippen molar-refractivity contribution in [2.24, 2.45) is 5.92 Å². The molecule has 1 aromatic carbocycles. The van der Waals surface area contributed by atoms with Crippen molar-refractivity contribution in [3.8, 4) is 0 Å². The molecule has 20 heavy (non-hydrogen) atoms. The minimum absolute atomic E-state index is 0.482. The van der Waals surface area contributed by atoms with E-state index in [2.05, 4.69) is 44.3 Å². The fourth-order valence-corrected chi connectivity index (χ4v) is 3.41. The Labute approximate surface area is 123 Å². The van der Waals surface area contributed by atoms with Crippen molar-refractivity contribution in [2.75, 3.05) is 6.54 Å². The van der Waals surface area contributed by atoms with Gasteiger partial charge in [0.25, 0.3) is 0 Å². The zero-order valence-electron chi connectivity index (χ0n) is 13.2. The molecule has 1 aliphatic carbocycles. The fraction of sp³-hybridized carbons (Fsp3) is 0.667. The highest BCUT2D eigenvalue weighted by molar-refractivity contribution is 5.28. The molecule has 2 heteroatoms. The zero-order valence-corrected chi connectivity index (χ0v) is 13.2. The van der Waals surface area contributed by atoms with Crippen molar-refractivity contribution >= 4 is 0 Å². The number of benzene rings is 1. The molecule has 0 atom stereocenters. The summed E-state index contributed by atoms with van der Waals surface area (Å²) in [6, 6.07) is 6.64. The molecule has 0 unspecified atom stereocenters. The van der Waals surface area contributed by atoms with Crippen LogP contribution in [0.2, 0.25) is 0 Å². The van der Waals surface area contributed by atoms with Gasteiger partial charge in [0.05, 0.1) is 5.60 Å². The Morgan fingerprint density at radius 2 is 1.75 bits per heavy atom. The minimum Gasteiger partial charge on any atom is -0.389 e. The van der Waals surface area contributed by atoms with Gasteiger partial charge in [0.2, 0.25) is 0 Å². The molecule has 0 bridgehead atoms. The second-order valence-corrected chi connectivity index (χ2v) is 6.68. The quantitative estimate of drug-likeness (QED) is 0.858. The standard InChI is InChI=1S/C18H29NO/c1-4-16-5-7-18(20,8-6-16)13-19-12-17-10-14(2)9-15(3)11-17/h9-11,16,19-20H,4-8,12-13H2,1-3H3. The highest BCUT2D eigenvalue weighted by atomic mass is 16.3. The predicted octanol–water partition coefficient (Wildman–Crippen LogP) is 3.72. The summed E-state index contributed by atoms with van der Waals surface area (Å²) in [7, 11) is 0. The Morgan fingerprint density at radius 3 is 2.30 bits per heavy atom. The van der Waals surface area contributed by atoms with Crippen LogP contribution < -0.4 is 5.32 Å². The summed E-state index contributed by atoms with van der Waals surface area (Å²) >= 11 is 0. The van der Waals surface area contributed by atoms with Gasteiger partial charge in [-0.3, -0.25) is 0 Å². The van der Waals surface area contributed by atoms with E-state index in [1.54, 1.807) is 0 Å². The maximum absolute atomic E-state index is 10.6. The second-order valence-electron chi connectivity index (χ2n) is 6.68. The summed E-state index contributed by atoms with van der Waals surface area (Å²) in [5.74, 6) is 0.828. The summed E-state index contributed by atoms with van der Waals surface area (Å²) in [4.78, 5) is 0. The van der Waals surface area contributed by atoms with Gasteiger partial charge in [0, 0.05) is 13.1 Å². The molecule has 0 aliphatic heterocycles. The van der Waals surface area contributed by atoms with Gasteiger partial charge in [-0.25, -0.2) is 0 Å². The number of aryl methyl sites for hydroxylation is 2. The van der Waals surface area contributed by atoms with Crippen LogP contribution in [-0.4, -0.2) is 17.3 Å². The molecule has 0 radical (unpaired) electrons. The molecule has 0 spiro atoms. The lowest BCUT2D eigenvalue weighted by Crippen LogP contribution is -2.43. The highest BCUT2D eigenvalue weighted by Gasteiger charge is 2.31. The second kappa shape index (κ2) is 6.73. The van der Waals surface area contributed by atoms with Crippen molar-refractivity contribution in [1.82, 2.24) is 5.32 Å². The van der Waals surface area contributed by atoms with Crippen LogP contribution >= 0.6 is 0 Å². The Morgan fingerprint density at radius 1 is 1.15 bits per heavy atom. The molecule has 1 aromatic rings. The number of aliphatic hydroxyl groups is 1. The number of nitrogens with one attached hydrogen (secondary N) is 1. The average Bonchev–Trinajstić information content (AvgIpc) is 2.38. The molecule has 0 heterocycles. The molecule has 2 rings (SSSR count). The fourth-order valence-electron chi connectivity index (χ4n) is 3.41. The SMILES string of the molecule is CCC1CCC(O)(CNCc2cc(C)cc(C)c2)CC1. The molecule has 0 aromatic heterocycles. The molecular formula is C18H29NO. The third-order valence-corrected chi connectivity index (χ3v) is 4.68. The summed E-state index contributed by atoms with van der Waals surface area (Å²) in [6.45, 7) is 8.10. The van der Waals surface area contributed by atoms with E-state index in [0.29, 0.717) is 0 Å². The first-order valence-corrected chi connectivity index (χ1v) is 8.01. The monoisotopic (exact) mass is 275 g/mol. The molecule has 112 valence electrons. The molecule has 0 saturated heterocycles. The Hall–Kier alpha value is -0.860. The van der Waals surface area contributed by atoms with Crippen molar-refractivity contribution in [2.45, 2.75) is 65.0 Å². The summed E-state index contributed by atoms with van der Waals surface area (Å²) in [5, 5.41) is 14.1. The Kier molecular flexibility index (Phi) is 5.22. The van der Waals surface area contributed by atoms with Crippen LogP contribution in [0.4, 0.5) is 0 Å². The predicted molar refractivity (Wildman–Crippen MR) is 84.8 cm³/mol. The third kappa shape index (κ3) is 4.32. The van der Waals surface area contributed by atoms with E-state index in [1.165, 1.54) is 36.0 Å². The van der Waals surface area contributed by atoms with Gasteiger partial charge in [-0.15, -0.1) is 0 Å². The lowest BCUT2D eigenvalue weighted by atomic mass is 9.78. The maximum Gasteiger partial charge on any atom is 0.0771 e. The first-order chi connectivity index (χ1) is 9.50. The van der Waals surface area contributed by atoms with E-state index < -0.39 is 5.60 Å². The van der Waals surface area contributed by atoms with Gasteiger partial charge in [0.1, 0.15) is 0 Å². The van der Waals surface area contributed by atoms with Crippen LogP contribution in [0.1, 0.15) is 55.7 Å². The first-order valence-electron chi connectivity index (χ1n) is 8.01. The highest BCUT2D eigenvalue weighted by Crippen LogP contribution is 2.33. The third-order valence-electron chi connectivity index (χ3n) is 4.68. The van der Waals surface area contributed by atoms with E-state index in [0.717, 1.165) is 31.8 Å². The summed E-state index contributed by atoms with van der Waals surface area (Å²) in [5.41, 5.74) is 3.45. The molecule has 2 nitrogen and oxygen atoms in total. The maximum atomic E-state index is 10.6. The normalized spacial score (nSPS) is 26.7. The lowest BCUT2D eigenvalue weighted by Gasteiger charge is -2.36. The van der Waals surface area contributed by atoms with Crippen LogP contribution in [0.3, 0.4) is 0 Å². The van der Waals surface area contributed by atoms with Gasteiger partial charge in [-0.1, -0.05) is 42.7 Å². The van der Waals surface area contributed by atoms with Crippen molar-refractivity contribution in [3.05, 3.63) is 34.9 Å². The van der Waals surface area contributed by atoms with Gasteiger partial charge >= 0.3 is 0 Å². The Balaban J connectivity index is 1.80. The molecule has 2 N–H and O–H groups in total. The van der Waals surface area contributed by atoms with Crippen LogP contribution in [0, 0.1) is 19.8 Å². The molecule has 1 aliphatic rings. The van der Waals surface area contributed by atoms with Crippen LogP contribution in [0.25, 0.3) is 0 Å². The lowest BCUT2D eigenvalue weighted by molar-refractivity contribution is -0.00881. The van der Waals surface area contributed by atoms with Gasteiger partial charge in [-0.05, 0) is 51.0 Å². The van der Waals surface area contributed by atoms with Crippen molar-refractivity contribution in [3.63, 3.8) is 0 Å². The van der Waals surface area contributed by atoms with Crippen molar-refractivity contribution in [1.29, 1.82) is 0 Å². The van der Waals surface area contributed by atoms with E-state index in [4.69, 9.17) is 0 Å². The smallest absolute Gasteiger partial charge is 0.0771 e. The van der Waals surface area contributed by atoms with E-state index in [1.807, 2.05) is 0 Å². The molecule has 0 amide bonds. The van der Waals surface area contributed by atoms with Crippen LogP contribution in [0.5, 0.6) is 0 Å². The minimum atomic E-state index is -0.482. The van der Waals surface area contributed by atoms with Gasteiger partial charge < -0.3 is 10.4 Å². The van der Waals surface area contributed by atoms with Gasteiger partial charge in [-0.2, -0.15) is 0 Å². The number of hydrogen-bond acceptors (Lipinski definition) is 2. The molecular weight excluding hydrogens is 246 g/mol. The van der Waals surface area contributed by atoms with E-state index in [-0.39, 0.29) is 0 Å². The van der Waals surface area contributed by atoms with Crippen LogP contribution in [-0.2, 0) is 6.54 Å².